The van der Waals surface area contributed by atoms with E-state index in [0.717, 1.165) is 10.9 Å². The van der Waals surface area contributed by atoms with Crippen molar-refractivity contribution in [3.63, 3.8) is 0 Å². The minimum Gasteiger partial charge on any atom is -0.361 e. The van der Waals surface area contributed by atoms with Gasteiger partial charge in [0.25, 0.3) is 0 Å². The highest BCUT2D eigenvalue weighted by Gasteiger charge is 2.28. The molecule has 1 amide bonds. The Bertz CT molecular complexity index is 578. The molecule has 7 heteroatoms. The number of hydrogen-bond acceptors (Lipinski definition) is 2. The second-order valence-corrected chi connectivity index (χ2v) is 3.97. The fourth-order valence-electron chi connectivity index (χ4n) is 1.69. The van der Waals surface area contributed by atoms with Gasteiger partial charge in [-0.1, -0.05) is 18.2 Å². The highest BCUT2D eigenvalue weighted by molar-refractivity contribution is 5.88. The van der Waals surface area contributed by atoms with Gasteiger partial charge in [0.15, 0.2) is 6.61 Å². The Kier molecular flexibility index (Phi) is 3.75. The molecule has 0 fully saturated rings. The molecule has 2 rings (SSSR count). The molecule has 0 saturated carbocycles. The van der Waals surface area contributed by atoms with Crippen molar-refractivity contribution in [3.05, 3.63) is 36.0 Å². The maximum Gasteiger partial charge on any atom is 0.414 e. The van der Waals surface area contributed by atoms with Crippen LogP contribution in [0, 0.1) is 0 Å². The van der Waals surface area contributed by atoms with Gasteiger partial charge < -0.3 is 4.98 Å². The fraction of sp³-hybridized carbons (Fsp3) is 0.250. The van der Waals surface area contributed by atoms with Crippen molar-refractivity contribution < 1.29 is 22.8 Å². The van der Waals surface area contributed by atoms with Gasteiger partial charge in [-0.05, 0) is 11.6 Å². The lowest BCUT2D eigenvalue weighted by Crippen LogP contribution is -2.30. The maximum atomic E-state index is 11.8. The molecule has 2 N–H and O–H groups in total. The van der Waals surface area contributed by atoms with Gasteiger partial charge in [0.2, 0.25) is 5.91 Å². The number of halogens is 3. The highest BCUT2D eigenvalue weighted by Crippen LogP contribution is 2.18. The van der Waals surface area contributed by atoms with Gasteiger partial charge in [0, 0.05) is 17.1 Å². The molecular weight excluding hydrogens is 261 g/mol. The first-order chi connectivity index (χ1) is 8.96. The van der Waals surface area contributed by atoms with Crippen molar-refractivity contribution in [2.75, 3.05) is 6.61 Å². The SMILES string of the molecule is O=C(Cc1c[nH]c2ccccc12)NOCC(F)(F)F. The fourth-order valence-corrected chi connectivity index (χ4v) is 1.69. The summed E-state index contributed by atoms with van der Waals surface area (Å²) in [6, 6.07) is 7.33. The number of aromatic amines is 1. The van der Waals surface area contributed by atoms with Crippen LogP contribution >= 0.6 is 0 Å². The number of hydrogen-bond donors (Lipinski definition) is 2. The minimum absolute atomic E-state index is 0.0537. The van der Waals surface area contributed by atoms with E-state index in [4.69, 9.17) is 0 Å². The van der Waals surface area contributed by atoms with E-state index in [2.05, 4.69) is 9.82 Å². The van der Waals surface area contributed by atoms with Gasteiger partial charge in [0.1, 0.15) is 0 Å². The van der Waals surface area contributed by atoms with Crippen LogP contribution < -0.4 is 5.48 Å². The second kappa shape index (κ2) is 5.31. The zero-order chi connectivity index (χ0) is 13.9. The lowest BCUT2D eigenvalue weighted by atomic mass is 10.1. The number of amides is 1. The standard InChI is InChI=1S/C12H11F3N2O2/c13-12(14,15)7-19-17-11(18)5-8-6-16-10-4-2-1-3-9(8)10/h1-4,6,16H,5,7H2,(H,17,18). The number of carbonyl (C=O) groups is 1. The smallest absolute Gasteiger partial charge is 0.361 e. The predicted molar refractivity (Wildman–Crippen MR) is 62.2 cm³/mol. The van der Waals surface area contributed by atoms with E-state index in [-0.39, 0.29) is 6.42 Å². The van der Waals surface area contributed by atoms with Crippen LogP contribution in [-0.2, 0) is 16.1 Å². The highest BCUT2D eigenvalue weighted by atomic mass is 19.4. The zero-order valence-electron chi connectivity index (χ0n) is 9.75. The molecule has 1 heterocycles. The quantitative estimate of drug-likeness (QED) is 0.839. The van der Waals surface area contributed by atoms with Gasteiger partial charge in [-0.25, -0.2) is 5.48 Å². The summed E-state index contributed by atoms with van der Waals surface area (Å²) >= 11 is 0. The summed E-state index contributed by atoms with van der Waals surface area (Å²) < 4.78 is 35.4. The van der Waals surface area contributed by atoms with Crippen molar-refractivity contribution in [1.29, 1.82) is 0 Å². The molecule has 0 saturated heterocycles. The third-order valence-electron chi connectivity index (χ3n) is 2.45. The number of rotatable bonds is 4. The Balaban J connectivity index is 1.92. The molecule has 0 bridgehead atoms. The van der Waals surface area contributed by atoms with Crippen molar-refractivity contribution >= 4 is 16.8 Å². The number of hydroxylamine groups is 1. The molecule has 0 aliphatic rings. The maximum absolute atomic E-state index is 11.8. The number of benzene rings is 1. The summed E-state index contributed by atoms with van der Waals surface area (Å²) in [4.78, 5) is 18.5. The molecule has 102 valence electrons. The number of H-pyrrole nitrogens is 1. The Morgan fingerprint density at radius 1 is 1.32 bits per heavy atom. The summed E-state index contributed by atoms with van der Waals surface area (Å²) in [5, 5.41) is 0.855. The predicted octanol–water partition coefficient (Wildman–Crippen LogP) is 2.32. The van der Waals surface area contributed by atoms with Crippen LogP contribution in [0.4, 0.5) is 13.2 Å². The summed E-state index contributed by atoms with van der Waals surface area (Å²) in [6.45, 7) is -1.51. The molecule has 0 unspecified atom stereocenters. The van der Waals surface area contributed by atoms with Gasteiger partial charge in [-0.15, -0.1) is 0 Å². The zero-order valence-corrected chi connectivity index (χ0v) is 9.75. The van der Waals surface area contributed by atoms with Crippen LogP contribution in [-0.4, -0.2) is 23.7 Å². The first kappa shape index (κ1) is 13.4. The summed E-state index contributed by atoms with van der Waals surface area (Å²) in [7, 11) is 0. The van der Waals surface area contributed by atoms with Gasteiger partial charge >= 0.3 is 6.18 Å². The Labute approximate surface area is 106 Å². The number of alkyl halides is 3. The lowest BCUT2D eigenvalue weighted by Gasteiger charge is -2.07. The molecule has 0 aliphatic carbocycles. The van der Waals surface area contributed by atoms with E-state index in [1.165, 1.54) is 0 Å². The molecule has 19 heavy (non-hydrogen) atoms. The van der Waals surface area contributed by atoms with E-state index in [1.54, 1.807) is 11.7 Å². The lowest BCUT2D eigenvalue weighted by molar-refractivity contribution is -0.191. The average molecular weight is 272 g/mol. The average Bonchev–Trinajstić information content (AvgIpc) is 2.71. The van der Waals surface area contributed by atoms with Gasteiger partial charge in [-0.2, -0.15) is 13.2 Å². The van der Waals surface area contributed by atoms with Crippen molar-refractivity contribution in [1.82, 2.24) is 10.5 Å². The van der Waals surface area contributed by atoms with Crippen LogP contribution in [0.25, 0.3) is 10.9 Å². The number of fused-ring (bicyclic) bond motifs is 1. The topological polar surface area (TPSA) is 54.1 Å². The number of aromatic nitrogens is 1. The second-order valence-electron chi connectivity index (χ2n) is 3.97. The van der Waals surface area contributed by atoms with E-state index < -0.39 is 18.7 Å². The van der Waals surface area contributed by atoms with E-state index >= 15 is 0 Å². The largest absolute Gasteiger partial charge is 0.414 e. The van der Waals surface area contributed by atoms with Crippen LogP contribution in [0.2, 0.25) is 0 Å². The third kappa shape index (κ3) is 3.72. The summed E-state index contributed by atoms with van der Waals surface area (Å²) in [5.41, 5.74) is 3.33. The van der Waals surface area contributed by atoms with Crippen molar-refractivity contribution in [3.8, 4) is 0 Å². The number of nitrogens with one attached hydrogen (secondary N) is 2. The summed E-state index contributed by atoms with van der Waals surface area (Å²) in [6.07, 6.45) is -2.87. The van der Waals surface area contributed by atoms with Crippen molar-refractivity contribution in [2.45, 2.75) is 12.6 Å². The minimum atomic E-state index is -4.46. The summed E-state index contributed by atoms with van der Waals surface area (Å²) in [5.74, 6) is -0.631. The Hall–Kier alpha value is -2.02. The number of para-hydroxylation sites is 1. The molecule has 1 aromatic carbocycles. The van der Waals surface area contributed by atoms with Crippen LogP contribution in [0.5, 0.6) is 0 Å². The molecule has 0 radical (unpaired) electrons. The third-order valence-corrected chi connectivity index (χ3v) is 2.45. The molecule has 0 atom stereocenters. The Morgan fingerprint density at radius 3 is 2.79 bits per heavy atom. The molecular formula is C12H11F3N2O2. The molecule has 4 nitrogen and oxygen atoms in total. The molecule has 0 spiro atoms. The van der Waals surface area contributed by atoms with Crippen LogP contribution in [0.15, 0.2) is 30.5 Å². The van der Waals surface area contributed by atoms with Gasteiger partial charge in [-0.3, -0.25) is 9.63 Å². The van der Waals surface area contributed by atoms with Crippen molar-refractivity contribution in [2.24, 2.45) is 0 Å². The Morgan fingerprint density at radius 2 is 2.05 bits per heavy atom. The number of carbonyl (C=O) groups excluding carboxylic acids is 1. The molecule has 1 aromatic heterocycles. The normalized spacial score (nSPS) is 11.7. The van der Waals surface area contributed by atoms with E-state index in [0.29, 0.717) is 5.56 Å². The van der Waals surface area contributed by atoms with Gasteiger partial charge in [0.05, 0.1) is 6.42 Å². The monoisotopic (exact) mass is 272 g/mol. The first-order valence-electron chi connectivity index (χ1n) is 5.48. The van der Waals surface area contributed by atoms with E-state index in [9.17, 15) is 18.0 Å². The van der Waals surface area contributed by atoms with Crippen LogP contribution in [0.3, 0.4) is 0 Å². The first-order valence-corrected chi connectivity index (χ1v) is 5.48. The molecule has 0 aliphatic heterocycles. The van der Waals surface area contributed by atoms with Crippen LogP contribution in [0.1, 0.15) is 5.56 Å². The van der Waals surface area contributed by atoms with E-state index in [1.807, 2.05) is 24.3 Å². The molecule has 2 aromatic rings.